The Morgan fingerprint density at radius 2 is 1.43 bits per heavy atom. The Morgan fingerprint density at radius 3 is 2.04 bits per heavy atom. The van der Waals surface area contributed by atoms with Crippen molar-refractivity contribution in [1.29, 1.82) is 0 Å². The van der Waals surface area contributed by atoms with E-state index in [1.165, 1.54) is 6.21 Å². The second kappa shape index (κ2) is 15.1. The van der Waals surface area contributed by atoms with E-state index in [1.807, 2.05) is 55.5 Å². The summed E-state index contributed by atoms with van der Waals surface area (Å²) in [5.74, 6) is 0.517. The molecule has 6 rings (SSSR count). The Bertz CT molecular complexity index is 1770. The minimum absolute atomic E-state index is 0.0895. The molecule has 238 valence electrons. The van der Waals surface area contributed by atoms with E-state index in [2.05, 4.69) is 51.5 Å². The van der Waals surface area contributed by atoms with Crippen molar-refractivity contribution in [3.05, 3.63) is 126 Å². The van der Waals surface area contributed by atoms with Gasteiger partial charge in [0, 0.05) is 24.3 Å². The summed E-state index contributed by atoms with van der Waals surface area (Å²) in [7, 11) is 0. The van der Waals surface area contributed by atoms with Crippen LogP contribution in [-0.2, 0) is 9.53 Å². The zero-order chi connectivity index (χ0) is 32.4. The van der Waals surface area contributed by atoms with Crippen molar-refractivity contribution < 1.29 is 23.8 Å². The Morgan fingerprint density at radius 1 is 0.787 bits per heavy atom. The number of morpholine rings is 1. The molecular weight excluding hydrogens is 592 g/mol. The maximum Gasteiger partial charge on any atom is 0.271 e. The lowest BCUT2D eigenvalue weighted by Crippen LogP contribution is -2.43. The number of ether oxygens (including phenoxy) is 3. The fourth-order valence-corrected chi connectivity index (χ4v) is 5.41. The van der Waals surface area contributed by atoms with Gasteiger partial charge in [0.1, 0.15) is 0 Å². The molecule has 1 fully saturated rings. The first-order valence-corrected chi connectivity index (χ1v) is 15.6. The van der Waals surface area contributed by atoms with Gasteiger partial charge in [0.05, 0.1) is 37.4 Å². The summed E-state index contributed by atoms with van der Waals surface area (Å²) in [6, 6.07) is 37.4. The van der Waals surface area contributed by atoms with Gasteiger partial charge in [-0.2, -0.15) is 5.10 Å². The van der Waals surface area contributed by atoms with Gasteiger partial charge in [-0.15, -0.1) is 0 Å². The predicted molar refractivity (Wildman–Crippen MR) is 182 cm³/mol. The van der Waals surface area contributed by atoms with Crippen LogP contribution in [0.5, 0.6) is 11.5 Å². The van der Waals surface area contributed by atoms with Crippen molar-refractivity contribution in [1.82, 2.24) is 14.9 Å². The third-order valence-electron chi connectivity index (χ3n) is 7.77. The molecular formula is C38H36N4O5. The predicted octanol–water partition coefficient (Wildman–Crippen LogP) is 6.21. The summed E-state index contributed by atoms with van der Waals surface area (Å²) in [5.41, 5.74) is 9.02. The number of hydrogen-bond donors (Lipinski definition) is 1. The highest BCUT2D eigenvalue weighted by atomic mass is 16.5. The smallest absolute Gasteiger partial charge is 0.271 e. The molecule has 0 spiro atoms. The standard InChI is InChI=1S/C38H36N4O5/c1-2-46-36-25-28(13-20-35(36)47-27-37(43)41-21-23-45-24-22-41)26-39-40-38(44)31-14-16-32(17-15-31)42-33(29-9-5-3-6-10-29)18-19-34(42)30-11-7-4-8-12-30/h3-20,25-26H,2,21-24,27H2,1H3,(H,40,44)/b39-26-. The van der Waals surface area contributed by atoms with Crippen LogP contribution in [0.4, 0.5) is 0 Å². The highest BCUT2D eigenvalue weighted by molar-refractivity contribution is 5.95. The molecule has 0 saturated carbocycles. The van der Waals surface area contributed by atoms with Crippen LogP contribution in [0.25, 0.3) is 28.2 Å². The number of aromatic nitrogens is 1. The number of hydrogen-bond acceptors (Lipinski definition) is 6. The number of benzene rings is 4. The van der Waals surface area contributed by atoms with Crippen molar-refractivity contribution in [2.24, 2.45) is 5.10 Å². The minimum atomic E-state index is -0.335. The maximum atomic E-state index is 13.0. The molecule has 0 bridgehead atoms. The van der Waals surface area contributed by atoms with Crippen LogP contribution in [0.15, 0.2) is 120 Å². The van der Waals surface area contributed by atoms with Gasteiger partial charge in [0.25, 0.3) is 11.8 Å². The lowest BCUT2D eigenvalue weighted by atomic mass is 10.1. The Kier molecular flexibility index (Phi) is 10.0. The minimum Gasteiger partial charge on any atom is -0.490 e. The molecule has 1 aliphatic rings. The third kappa shape index (κ3) is 7.59. The van der Waals surface area contributed by atoms with Gasteiger partial charge < -0.3 is 23.7 Å². The van der Waals surface area contributed by atoms with Crippen LogP contribution in [0.1, 0.15) is 22.8 Å². The van der Waals surface area contributed by atoms with E-state index in [-0.39, 0.29) is 18.4 Å². The molecule has 0 unspecified atom stereocenters. The largest absolute Gasteiger partial charge is 0.490 e. The van der Waals surface area contributed by atoms with Crippen molar-refractivity contribution >= 4 is 18.0 Å². The van der Waals surface area contributed by atoms with E-state index < -0.39 is 0 Å². The summed E-state index contributed by atoms with van der Waals surface area (Å²) < 4.78 is 19.0. The van der Waals surface area contributed by atoms with Gasteiger partial charge in [-0.25, -0.2) is 5.43 Å². The molecule has 1 N–H and O–H groups in total. The Hall–Kier alpha value is -5.67. The molecule has 0 aliphatic carbocycles. The van der Waals surface area contributed by atoms with Crippen LogP contribution in [0.2, 0.25) is 0 Å². The fraction of sp³-hybridized carbons (Fsp3) is 0.184. The van der Waals surface area contributed by atoms with E-state index in [0.29, 0.717) is 55.5 Å². The van der Waals surface area contributed by atoms with Crippen molar-refractivity contribution in [3.63, 3.8) is 0 Å². The average molecular weight is 629 g/mol. The van der Waals surface area contributed by atoms with E-state index in [0.717, 1.165) is 28.2 Å². The number of carbonyl (C=O) groups excluding carboxylic acids is 2. The van der Waals surface area contributed by atoms with Crippen LogP contribution in [-0.4, -0.2) is 67.0 Å². The summed E-state index contributed by atoms with van der Waals surface area (Å²) >= 11 is 0. The van der Waals surface area contributed by atoms with Gasteiger partial charge >= 0.3 is 0 Å². The maximum absolute atomic E-state index is 13.0. The lowest BCUT2D eigenvalue weighted by molar-refractivity contribution is -0.137. The molecule has 0 atom stereocenters. The molecule has 4 aromatic carbocycles. The zero-order valence-corrected chi connectivity index (χ0v) is 26.2. The monoisotopic (exact) mass is 628 g/mol. The molecule has 5 aromatic rings. The molecule has 2 heterocycles. The SMILES string of the molecule is CCOc1cc(/C=N\NC(=O)c2ccc(-n3c(-c4ccccc4)ccc3-c3ccccc3)cc2)ccc1OCC(=O)N1CCOCC1. The van der Waals surface area contributed by atoms with Crippen molar-refractivity contribution in [3.8, 4) is 39.7 Å². The highest BCUT2D eigenvalue weighted by Crippen LogP contribution is 2.32. The van der Waals surface area contributed by atoms with Crippen molar-refractivity contribution in [2.75, 3.05) is 39.5 Å². The molecule has 1 aliphatic heterocycles. The van der Waals surface area contributed by atoms with Gasteiger partial charge in [0.15, 0.2) is 18.1 Å². The van der Waals surface area contributed by atoms with Gasteiger partial charge in [-0.05, 0) is 78.2 Å². The Labute approximate surface area is 274 Å². The topological polar surface area (TPSA) is 94.4 Å². The van der Waals surface area contributed by atoms with E-state index in [1.54, 1.807) is 35.2 Å². The normalized spacial score (nSPS) is 13.0. The van der Waals surface area contributed by atoms with Crippen LogP contribution in [0.3, 0.4) is 0 Å². The van der Waals surface area contributed by atoms with E-state index in [9.17, 15) is 9.59 Å². The quantitative estimate of drug-likeness (QED) is 0.139. The molecule has 47 heavy (non-hydrogen) atoms. The molecule has 9 nitrogen and oxygen atoms in total. The van der Waals surface area contributed by atoms with E-state index >= 15 is 0 Å². The number of carbonyl (C=O) groups is 2. The lowest BCUT2D eigenvalue weighted by Gasteiger charge is -2.26. The molecule has 2 amide bonds. The van der Waals surface area contributed by atoms with Gasteiger partial charge in [-0.1, -0.05) is 60.7 Å². The summed E-state index contributed by atoms with van der Waals surface area (Å²) in [6.07, 6.45) is 1.54. The Balaban J connectivity index is 1.13. The summed E-state index contributed by atoms with van der Waals surface area (Å²) in [5, 5.41) is 4.17. The molecule has 9 heteroatoms. The highest BCUT2D eigenvalue weighted by Gasteiger charge is 2.18. The molecule has 1 aromatic heterocycles. The van der Waals surface area contributed by atoms with Gasteiger partial charge in [-0.3, -0.25) is 9.59 Å². The second-order valence-corrected chi connectivity index (χ2v) is 10.8. The molecule has 1 saturated heterocycles. The number of rotatable bonds is 11. The first-order chi connectivity index (χ1) is 23.1. The average Bonchev–Trinajstić information content (AvgIpc) is 3.58. The van der Waals surface area contributed by atoms with Gasteiger partial charge in [0.2, 0.25) is 0 Å². The fourth-order valence-electron chi connectivity index (χ4n) is 5.41. The number of nitrogens with zero attached hydrogens (tertiary/aromatic N) is 3. The first-order valence-electron chi connectivity index (χ1n) is 15.6. The first kappa shape index (κ1) is 31.3. The van der Waals surface area contributed by atoms with Crippen LogP contribution in [0, 0.1) is 0 Å². The third-order valence-corrected chi connectivity index (χ3v) is 7.77. The van der Waals surface area contributed by atoms with Crippen molar-refractivity contribution in [2.45, 2.75) is 6.92 Å². The second-order valence-electron chi connectivity index (χ2n) is 10.8. The zero-order valence-electron chi connectivity index (χ0n) is 26.2. The number of hydrazone groups is 1. The van der Waals surface area contributed by atoms with E-state index in [4.69, 9.17) is 14.2 Å². The van der Waals surface area contributed by atoms with Crippen LogP contribution >= 0.6 is 0 Å². The number of nitrogens with one attached hydrogen (secondary N) is 1. The number of amides is 2. The summed E-state index contributed by atoms with van der Waals surface area (Å²) in [6.45, 7) is 4.38. The molecule has 0 radical (unpaired) electrons. The van der Waals surface area contributed by atoms with Crippen LogP contribution < -0.4 is 14.9 Å². The summed E-state index contributed by atoms with van der Waals surface area (Å²) in [4.78, 5) is 27.2.